The number of rotatable bonds is 6. The molecule has 0 spiro atoms. The molecule has 0 saturated heterocycles. The average Bonchev–Trinajstić information content (AvgIpc) is 2.40. The maximum atomic E-state index is 12.1. The highest BCUT2D eigenvalue weighted by molar-refractivity contribution is 6.74. The fourth-order valence-electron chi connectivity index (χ4n) is 1.56. The zero-order valence-electron chi connectivity index (χ0n) is 17.5. The number of hydrogen-bond donors (Lipinski definition) is 3. The highest BCUT2D eigenvalue weighted by atomic mass is 28.4. The van der Waals surface area contributed by atoms with Crippen LogP contribution in [0, 0.1) is 0 Å². The number of amides is 3. The lowest BCUT2D eigenvalue weighted by molar-refractivity contribution is -0.133. The number of carbonyl (C=O) groups excluding carboxylic acids is 3. The Morgan fingerprint density at radius 3 is 2.00 bits per heavy atom. The molecule has 0 unspecified atom stereocenters. The quantitative estimate of drug-likeness (QED) is 0.478. The molecule has 0 aromatic heterocycles. The number of ether oxygens (including phenoxy) is 1. The molecule has 0 aromatic carbocycles. The van der Waals surface area contributed by atoms with Crippen LogP contribution in [0.2, 0.25) is 18.1 Å². The van der Waals surface area contributed by atoms with Gasteiger partial charge in [-0.2, -0.15) is 0 Å². The van der Waals surface area contributed by atoms with E-state index >= 15 is 0 Å². The summed E-state index contributed by atoms with van der Waals surface area (Å²) in [5.74, 6) is -0.836. The molecule has 152 valence electrons. The van der Waals surface area contributed by atoms with Gasteiger partial charge in [0.1, 0.15) is 11.7 Å². The Kier molecular flexibility index (Phi) is 8.78. The third-order valence-electron chi connectivity index (χ3n) is 3.99. The summed E-state index contributed by atoms with van der Waals surface area (Å²) >= 11 is 0. The van der Waals surface area contributed by atoms with Crippen LogP contribution in [0.25, 0.3) is 0 Å². The van der Waals surface area contributed by atoms with Crippen LogP contribution < -0.4 is 16.2 Å². The Balaban J connectivity index is 4.19. The van der Waals surface area contributed by atoms with Crippen LogP contribution in [-0.4, -0.2) is 44.5 Å². The first-order valence-corrected chi connectivity index (χ1v) is 11.7. The molecule has 0 saturated carbocycles. The first kappa shape index (κ1) is 24.4. The van der Waals surface area contributed by atoms with Crippen LogP contribution >= 0.6 is 0 Å². The number of carbonyl (C=O) groups is 3. The molecule has 0 bridgehead atoms. The number of alkyl carbamates (subject to hydrolysis) is 1. The minimum absolute atomic E-state index is 0.0109. The van der Waals surface area contributed by atoms with Gasteiger partial charge in [0.25, 0.3) is 5.91 Å². The second kappa shape index (κ2) is 9.36. The molecule has 26 heavy (non-hydrogen) atoms. The molecule has 0 heterocycles. The van der Waals surface area contributed by atoms with Crippen molar-refractivity contribution in [2.45, 2.75) is 84.7 Å². The van der Waals surface area contributed by atoms with E-state index < -0.39 is 37.9 Å². The third-order valence-corrected chi connectivity index (χ3v) is 8.55. The largest absolute Gasteiger partial charge is 0.444 e. The van der Waals surface area contributed by atoms with Crippen molar-refractivity contribution in [1.82, 2.24) is 16.2 Å². The van der Waals surface area contributed by atoms with Crippen molar-refractivity contribution in [3.05, 3.63) is 0 Å². The first-order valence-electron chi connectivity index (χ1n) is 8.78. The Morgan fingerprint density at radius 1 is 1.00 bits per heavy atom. The van der Waals surface area contributed by atoms with Crippen molar-refractivity contribution in [2.75, 3.05) is 6.54 Å². The van der Waals surface area contributed by atoms with E-state index in [1.54, 1.807) is 27.7 Å². The number of nitrogens with one attached hydrogen (secondary N) is 3. The molecular formula is C17H35N3O5Si. The maximum absolute atomic E-state index is 12.1. The van der Waals surface area contributed by atoms with Gasteiger partial charge in [0, 0.05) is 13.0 Å². The van der Waals surface area contributed by atoms with E-state index in [4.69, 9.17) is 9.16 Å². The zero-order chi connectivity index (χ0) is 20.8. The maximum Gasteiger partial charge on any atom is 0.407 e. The van der Waals surface area contributed by atoms with Gasteiger partial charge in [-0.25, -0.2) is 4.79 Å². The minimum atomic E-state index is -2.08. The number of hydrogen-bond acceptors (Lipinski definition) is 5. The number of hydrazine groups is 1. The highest BCUT2D eigenvalue weighted by Gasteiger charge is 2.39. The average molecular weight is 390 g/mol. The highest BCUT2D eigenvalue weighted by Crippen LogP contribution is 2.37. The van der Waals surface area contributed by atoms with E-state index in [-0.39, 0.29) is 18.0 Å². The van der Waals surface area contributed by atoms with E-state index in [0.717, 1.165) is 0 Å². The van der Waals surface area contributed by atoms with Crippen molar-refractivity contribution in [3.8, 4) is 0 Å². The summed E-state index contributed by atoms with van der Waals surface area (Å²) in [5, 5.41) is 2.46. The monoisotopic (exact) mass is 389 g/mol. The fourth-order valence-corrected chi connectivity index (χ4v) is 2.90. The van der Waals surface area contributed by atoms with Crippen LogP contribution in [0.5, 0.6) is 0 Å². The van der Waals surface area contributed by atoms with Gasteiger partial charge >= 0.3 is 6.09 Å². The van der Waals surface area contributed by atoms with Gasteiger partial charge in [-0.05, 0) is 45.8 Å². The fraction of sp³-hybridized carbons (Fsp3) is 0.824. The minimum Gasteiger partial charge on any atom is -0.444 e. The van der Waals surface area contributed by atoms with E-state index in [9.17, 15) is 14.4 Å². The van der Waals surface area contributed by atoms with Crippen molar-refractivity contribution >= 4 is 26.2 Å². The summed E-state index contributed by atoms with van der Waals surface area (Å²) in [4.78, 5) is 35.3. The molecule has 0 rings (SSSR count). The lowest BCUT2D eigenvalue weighted by atomic mass is 10.2. The third kappa shape index (κ3) is 9.76. The van der Waals surface area contributed by atoms with Crippen LogP contribution in [0.3, 0.4) is 0 Å². The van der Waals surface area contributed by atoms with E-state index in [1.807, 2.05) is 0 Å². The van der Waals surface area contributed by atoms with Crippen LogP contribution in [-0.2, 0) is 18.8 Å². The van der Waals surface area contributed by atoms with E-state index in [1.165, 1.54) is 0 Å². The lowest BCUT2D eigenvalue weighted by Crippen LogP contribution is -2.51. The molecule has 3 N–H and O–H groups in total. The predicted molar refractivity (Wildman–Crippen MR) is 103 cm³/mol. The summed E-state index contributed by atoms with van der Waals surface area (Å²) < 4.78 is 11.0. The Hall–Kier alpha value is -1.61. The normalized spacial score (nSPS) is 13.6. The predicted octanol–water partition coefficient (Wildman–Crippen LogP) is 2.46. The van der Waals surface area contributed by atoms with Gasteiger partial charge in [-0.15, -0.1) is 0 Å². The summed E-state index contributed by atoms with van der Waals surface area (Å²) in [5.41, 5.74) is 4.07. The summed E-state index contributed by atoms with van der Waals surface area (Å²) in [6.07, 6.45) is -1.25. The van der Waals surface area contributed by atoms with Gasteiger partial charge in [0.15, 0.2) is 8.32 Å². The molecule has 1 atom stereocenters. The second-order valence-electron chi connectivity index (χ2n) is 8.74. The van der Waals surface area contributed by atoms with Crippen molar-refractivity contribution in [3.63, 3.8) is 0 Å². The van der Waals surface area contributed by atoms with Crippen molar-refractivity contribution in [1.29, 1.82) is 0 Å². The standard InChI is InChI=1S/C17H35N3O5Si/c1-12(25-26(8,9)17(5,6)7)14(22)20-19-13(21)10-11-18-15(23)24-16(2,3)4/h12H,10-11H2,1-9H3,(H,18,23)(H,19,21)(H,20,22)/t12-/m1/s1. The molecule has 0 aromatic rings. The molecular weight excluding hydrogens is 354 g/mol. The topological polar surface area (TPSA) is 106 Å². The SMILES string of the molecule is C[C@@H](O[Si](C)(C)C(C)(C)C)C(=O)NNC(=O)CCNC(=O)OC(C)(C)C. The summed E-state index contributed by atoms with van der Waals surface area (Å²) in [7, 11) is -2.08. The molecule has 9 heteroatoms. The molecule has 8 nitrogen and oxygen atoms in total. The first-order chi connectivity index (χ1) is 11.5. The second-order valence-corrected chi connectivity index (χ2v) is 13.5. The molecule has 0 radical (unpaired) electrons. The van der Waals surface area contributed by atoms with Gasteiger partial charge in [-0.1, -0.05) is 20.8 Å². The molecule has 0 aliphatic carbocycles. The van der Waals surface area contributed by atoms with Crippen LogP contribution in [0.1, 0.15) is 54.9 Å². The van der Waals surface area contributed by atoms with E-state index in [0.29, 0.717) is 0 Å². The van der Waals surface area contributed by atoms with Gasteiger partial charge in [0.05, 0.1) is 0 Å². The van der Waals surface area contributed by atoms with Crippen LogP contribution in [0.15, 0.2) is 0 Å². The molecule has 0 fully saturated rings. The Morgan fingerprint density at radius 2 is 1.54 bits per heavy atom. The zero-order valence-corrected chi connectivity index (χ0v) is 18.5. The van der Waals surface area contributed by atoms with Gasteiger partial charge < -0.3 is 14.5 Å². The molecule has 0 aliphatic rings. The Labute approximate surface area is 157 Å². The summed E-state index contributed by atoms with van der Waals surface area (Å²) in [6, 6.07) is 0. The van der Waals surface area contributed by atoms with Gasteiger partial charge in [-0.3, -0.25) is 20.4 Å². The molecule has 3 amide bonds. The van der Waals surface area contributed by atoms with E-state index in [2.05, 4.69) is 50.0 Å². The van der Waals surface area contributed by atoms with Crippen molar-refractivity contribution < 1.29 is 23.5 Å². The smallest absolute Gasteiger partial charge is 0.407 e. The van der Waals surface area contributed by atoms with Gasteiger partial charge in [0.2, 0.25) is 5.91 Å². The Bertz CT molecular complexity index is 510. The summed E-state index contributed by atoms with van der Waals surface area (Å²) in [6.45, 7) is 17.4. The van der Waals surface area contributed by atoms with Crippen LogP contribution in [0.4, 0.5) is 4.79 Å². The van der Waals surface area contributed by atoms with Crippen molar-refractivity contribution in [2.24, 2.45) is 0 Å². The lowest BCUT2D eigenvalue weighted by Gasteiger charge is -2.37. The molecule has 0 aliphatic heterocycles.